The lowest BCUT2D eigenvalue weighted by atomic mass is 10.1. The van der Waals surface area contributed by atoms with Crippen LogP contribution in [-0.2, 0) is 6.54 Å². The predicted octanol–water partition coefficient (Wildman–Crippen LogP) is 1.92. The average molecular weight is 261 g/mol. The molecule has 1 heterocycles. The summed E-state index contributed by atoms with van der Waals surface area (Å²) in [7, 11) is 0. The van der Waals surface area contributed by atoms with Gasteiger partial charge in [0.1, 0.15) is 0 Å². The van der Waals surface area contributed by atoms with Gasteiger partial charge in [-0.25, -0.2) is 4.79 Å². The molecule has 0 saturated carbocycles. The molecule has 100 valence electrons. The smallest absolute Gasteiger partial charge is 0.337 e. The molecule has 2 N–H and O–H groups in total. The summed E-state index contributed by atoms with van der Waals surface area (Å²) in [6, 6.07) is 4.90. The lowest BCUT2D eigenvalue weighted by Crippen LogP contribution is -2.04. The number of aromatic nitrogens is 1. The summed E-state index contributed by atoms with van der Waals surface area (Å²) < 4.78 is 1.73. The van der Waals surface area contributed by atoms with Gasteiger partial charge in [-0.15, -0.1) is 0 Å². The molecular formula is C14H15NO4. The molecule has 2 rings (SSSR count). The number of Topliss-reactive ketones (excluding diaryl/α,β-unsaturated/α-hetero) is 1. The topological polar surface area (TPSA) is 79.5 Å². The fourth-order valence-electron chi connectivity index (χ4n) is 2.23. The molecule has 5 heteroatoms. The second-order valence-corrected chi connectivity index (χ2v) is 4.38. The number of carboxylic acid groups (broad SMARTS) is 1. The summed E-state index contributed by atoms with van der Waals surface area (Å²) in [6.45, 7) is 1.95. The Balaban J connectivity index is 2.72. The number of hydrogen-bond donors (Lipinski definition) is 2. The van der Waals surface area contributed by atoms with Gasteiger partial charge in [-0.1, -0.05) is 12.1 Å². The normalized spacial score (nSPS) is 10.8. The second-order valence-electron chi connectivity index (χ2n) is 4.38. The van der Waals surface area contributed by atoms with Gasteiger partial charge in [-0.2, -0.15) is 0 Å². The molecule has 1 aromatic carbocycles. The molecule has 0 bridgehead atoms. The Morgan fingerprint density at radius 2 is 2.00 bits per heavy atom. The molecular weight excluding hydrogens is 246 g/mol. The van der Waals surface area contributed by atoms with Gasteiger partial charge in [0.05, 0.1) is 11.1 Å². The summed E-state index contributed by atoms with van der Waals surface area (Å²) in [4.78, 5) is 22.9. The van der Waals surface area contributed by atoms with E-state index < -0.39 is 5.97 Å². The quantitative estimate of drug-likeness (QED) is 0.806. The van der Waals surface area contributed by atoms with E-state index in [1.165, 1.54) is 13.0 Å². The first-order valence-corrected chi connectivity index (χ1v) is 6.03. The summed E-state index contributed by atoms with van der Waals surface area (Å²) >= 11 is 0. The molecule has 0 aliphatic heterocycles. The number of hydrogen-bond acceptors (Lipinski definition) is 3. The number of aromatic carboxylic acids is 1. The van der Waals surface area contributed by atoms with Crippen molar-refractivity contribution < 1.29 is 19.8 Å². The van der Waals surface area contributed by atoms with Crippen molar-refractivity contribution in [2.45, 2.75) is 19.9 Å². The van der Waals surface area contributed by atoms with E-state index in [4.69, 9.17) is 5.11 Å². The van der Waals surface area contributed by atoms with Crippen LogP contribution in [-0.4, -0.2) is 33.1 Å². The third kappa shape index (κ3) is 2.37. The lowest BCUT2D eigenvalue weighted by molar-refractivity contribution is 0.0698. The minimum Gasteiger partial charge on any atom is -0.478 e. The first-order valence-electron chi connectivity index (χ1n) is 6.03. The highest BCUT2D eigenvalue weighted by Gasteiger charge is 2.17. The van der Waals surface area contributed by atoms with Gasteiger partial charge in [0.25, 0.3) is 0 Å². The fourth-order valence-corrected chi connectivity index (χ4v) is 2.23. The molecule has 0 aliphatic carbocycles. The molecule has 1 aromatic heterocycles. The summed E-state index contributed by atoms with van der Waals surface area (Å²) in [5, 5.41) is 18.8. The van der Waals surface area contributed by atoms with Gasteiger partial charge in [-0.05, 0) is 19.4 Å². The van der Waals surface area contributed by atoms with E-state index >= 15 is 0 Å². The van der Waals surface area contributed by atoms with Crippen molar-refractivity contribution in [2.24, 2.45) is 0 Å². The number of benzene rings is 1. The second kappa shape index (κ2) is 5.24. The van der Waals surface area contributed by atoms with E-state index in [9.17, 15) is 14.7 Å². The maximum atomic E-state index is 11.6. The third-order valence-electron chi connectivity index (χ3n) is 3.07. The van der Waals surface area contributed by atoms with Crippen molar-refractivity contribution in [3.63, 3.8) is 0 Å². The van der Waals surface area contributed by atoms with Crippen LogP contribution >= 0.6 is 0 Å². The SMILES string of the molecule is CC(=O)c1cn(CCCO)c2c(C(=O)O)cccc12. The zero-order valence-electron chi connectivity index (χ0n) is 10.6. The van der Waals surface area contributed by atoms with Crippen molar-refractivity contribution in [3.8, 4) is 0 Å². The van der Waals surface area contributed by atoms with Crippen LogP contribution in [0.5, 0.6) is 0 Å². The molecule has 0 radical (unpaired) electrons. The zero-order chi connectivity index (χ0) is 14.0. The Hall–Kier alpha value is -2.14. The summed E-state index contributed by atoms with van der Waals surface area (Å²) in [6.07, 6.45) is 2.17. The Morgan fingerprint density at radius 3 is 2.58 bits per heavy atom. The molecule has 0 unspecified atom stereocenters. The summed E-state index contributed by atoms with van der Waals surface area (Å²) in [5.41, 5.74) is 1.22. The van der Waals surface area contributed by atoms with Crippen molar-refractivity contribution in [1.82, 2.24) is 4.57 Å². The van der Waals surface area contributed by atoms with Crippen LogP contribution in [0, 0.1) is 0 Å². The number of aryl methyl sites for hydroxylation is 1. The zero-order valence-corrected chi connectivity index (χ0v) is 10.6. The number of para-hydroxylation sites is 1. The predicted molar refractivity (Wildman–Crippen MR) is 70.6 cm³/mol. The summed E-state index contributed by atoms with van der Waals surface area (Å²) in [5.74, 6) is -1.13. The number of carbonyl (C=O) groups is 2. The minimum absolute atomic E-state index is 0.0182. The largest absolute Gasteiger partial charge is 0.478 e. The van der Waals surface area contributed by atoms with Crippen LogP contribution in [0.4, 0.5) is 0 Å². The molecule has 0 saturated heterocycles. The highest BCUT2D eigenvalue weighted by atomic mass is 16.4. The Morgan fingerprint density at radius 1 is 1.26 bits per heavy atom. The van der Waals surface area contributed by atoms with Crippen molar-refractivity contribution in [1.29, 1.82) is 0 Å². The number of carboxylic acids is 1. The molecule has 0 aliphatic rings. The Labute approximate surface area is 110 Å². The number of aliphatic hydroxyl groups is 1. The lowest BCUT2D eigenvalue weighted by Gasteiger charge is -2.06. The maximum absolute atomic E-state index is 11.6. The fraction of sp³-hybridized carbons (Fsp3) is 0.286. The monoisotopic (exact) mass is 261 g/mol. The number of aliphatic hydroxyl groups excluding tert-OH is 1. The van der Waals surface area contributed by atoms with Gasteiger partial charge in [0.2, 0.25) is 0 Å². The number of carbonyl (C=O) groups excluding carboxylic acids is 1. The van der Waals surface area contributed by atoms with Crippen molar-refractivity contribution in [2.75, 3.05) is 6.61 Å². The maximum Gasteiger partial charge on any atom is 0.337 e. The number of ketones is 1. The van der Waals surface area contributed by atoms with Crippen LogP contribution < -0.4 is 0 Å². The Bertz CT molecular complexity index is 642. The number of nitrogens with zero attached hydrogens (tertiary/aromatic N) is 1. The molecule has 5 nitrogen and oxygen atoms in total. The highest BCUT2D eigenvalue weighted by Crippen LogP contribution is 2.25. The standard InChI is InChI=1S/C14H15NO4/c1-9(17)12-8-15(6-3-7-16)13-10(12)4-2-5-11(13)14(18)19/h2,4-5,8,16H,3,6-7H2,1H3,(H,18,19). The third-order valence-corrected chi connectivity index (χ3v) is 3.07. The van der Waals surface area contributed by atoms with E-state index in [0.29, 0.717) is 29.4 Å². The van der Waals surface area contributed by atoms with Crippen LogP contribution in [0.3, 0.4) is 0 Å². The first kappa shape index (κ1) is 13.3. The van der Waals surface area contributed by atoms with Crippen molar-refractivity contribution >= 4 is 22.7 Å². The molecule has 0 fully saturated rings. The van der Waals surface area contributed by atoms with E-state index in [1.807, 2.05) is 0 Å². The van der Waals surface area contributed by atoms with E-state index in [-0.39, 0.29) is 18.0 Å². The highest BCUT2D eigenvalue weighted by molar-refractivity contribution is 6.11. The molecule has 19 heavy (non-hydrogen) atoms. The first-order chi connectivity index (χ1) is 9.06. The van der Waals surface area contributed by atoms with Gasteiger partial charge in [-0.3, -0.25) is 4.79 Å². The van der Waals surface area contributed by atoms with Gasteiger partial charge >= 0.3 is 5.97 Å². The van der Waals surface area contributed by atoms with Crippen molar-refractivity contribution in [3.05, 3.63) is 35.5 Å². The number of fused-ring (bicyclic) bond motifs is 1. The molecule has 0 amide bonds. The van der Waals surface area contributed by atoms with Crippen LogP contribution in [0.2, 0.25) is 0 Å². The van der Waals surface area contributed by atoms with Gasteiger partial charge < -0.3 is 14.8 Å². The van der Waals surface area contributed by atoms with Gasteiger partial charge in [0.15, 0.2) is 5.78 Å². The van der Waals surface area contributed by atoms with Gasteiger partial charge in [0, 0.05) is 30.3 Å². The van der Waals surface area contributed by atoms with E-state index in [0.717, 1.165) is 0 Å². The molecule has 2 aromatic rings. The van der Waals surface area contributed by atoms with Crippen LogP contribution in [0.1, 0.15) is 34.1 Å². The number of rotatable bonds is 5. The molecule has 0 spiro atoms. The van der Waals surface area contributed by atoms with E-state index in [1.54, 1.807) is 22.9 Å². The van der Waals surface area contributed by atoms with Crippen LogP contribution in [0.15, 0.2) is 24.4 Å². The Kier molecular flexibility index (Phi) is 3.66. The average Bonchev–Trinajstić information content (AvgIpc) is 2.75. The minimum atomic E-state index is -1.02. The molecule has 0 atom stereocenters. The van der Waals surface area contributed by atoms with E-state index in [2.05, 4.69) is 0 Å². The van der Waals surface area contributed by atoms with Crippen LogP contribution in [0.25, 0.3) is 10.9 Å².